The lowest BCUT2D eigenvalue weighted by atomic mass is 10.1. The van der Waals surface area contributed by atoms with Crippen LogP contribution in [-0.4, -0.2) is 15.0 Å². The fourth-order valence-electron chi connectivity index (χ4n) is 2.10. The number of benzene rings is 1. The highest BCUT2D eigenvalue weighted by molar-refractivity contribution is 5.85. The molecular formula is C14H12N3. The van der Waals surface area contributed by atoms with Crippen LogP contribution in [0.2, 0.25) is 0 Å². The van der Waals surface area contributed by atoms with Gasteiger partial charge in [0.15, 0.2) is 5.65 Å². The summed E-state index contributed by atoms with van der Waals surface area (Å²) < 4.78 is 0. The van der Waals surface area contributed by atoms with Crippen molar-refractivity contribution in [3.05, 3.63) is 48.3 Å². The Balaban J connectivity index is 2.30. The molecule has 0 amide bonds. The van der Waals surface area contributed by atoms with E-state index >= 15 is 0 Å². The molecule has 0 spiro atoms. The largest absolute Gasteiger partial charge is 0.338 e. The molecular weight excluding hydrogens is 210 g/mol. The highest BCUT2D eigenvalue weighted by atomic mass is 14.9. The fraction of sp³-hybridized carbons (Fsp3) is 0.143. The monoisotopic (exact) mass is 222 g/mol. The van der Waals surface area contributed by atoms with Gasteiger partial charge in [-0.15, -0.1) is 0 Å². The number of hydrogen-bond donors (Lipinski definition) is 1. The summed E-state index contributed by atoms with van der Waals surface area (Å²) >= 11 is 0. The summed E-state index contributed by atoms with van der Waals surface area (Å²) in [5, 5.41) is 0. The van der Waals surface area contributed by atoms with Crippen LogP contribution >= 0.6 is 0 Å². The maximum Gasteiger partial charge on any atom is 0.156 e. The predicted molar refractivity (Wildman–Crippen MR) is 67.5 cm³/mol. The molecule has 1 aromatic carbocycles. The van der Waals surface area contributed by atoms with Crippen molar-refractivity contribution in [2.45, 2.75) is 13.3 Å². The molecule has 0 saturated heterocycles. The summed E-state index contributed by atoms with van der Waals surface area (Å²) in [4.78, 5) is 12.0. The first-order valence-corrected chi connectivity index (χ1v) is 5.68. The van der Waals surface area contributed by atoms with Crippen LogP contribution in [0.5, 0.6) is 0 Å². The van der Waals surface area contributed by atoms with Crippen molar-refractivity contribution < 1.29 is 0 Å². The molecule has 0 aliphatic carbocycles. The van der Waals surface area contributed by atoms with Crippen molar-refractivity contribution in [2.24, 2.45) is 0 Å². The second kappa shape index (κ2) is 4.01. The number of rotatable bonds is 2. The molecule has 17 heavy (non-hydrogen) atoms. The molecule has 2 heterocycles. The molecule has 3 aromatic rings. The average molecular weight is 222 g/mol. The van der Waals surface area contributed by atoms with E-state index in [4.69, 9.17) is 0 Å². The van der Waals surface area contributed by atoms with Crippen molar-refractivity contribution in [1.29, 1.82) is 0 Å². The third kappa shape index (κ3) is 1.60. The van der Waals surface area contributed by atoms with Gasteiger partial charge in [0.1, 0.15) is 5.52 Å². The Morgan fingerprint density at radius 1 is 1.29 bits per heavy atom. The van der Waals surface area contributed by atoms with E-state index in [1.54, 1.807) is 12.4 Å². The lowest BCUT2D eigenvalue weighted by molar-refractivity contribution is 1.15. The Labute approximate surface area is 99.5 Å². The summed E-state index contributed by atoms with van der Waals surface area (Å²) in [7, 11) is 0. The van der Waals surface area contributed by atoms with Gasteiger partial charge in [0.2, 0.25) is 0 Å². The van der Waals surface area contributed by atoms with Crippen LogP contribution in [0.15, 0.2) is 36.7 Å². The summed E-state index contributed by atoms with van der Waals surface area (Å²) in [5.74, 6) is 0. The van der Waals surface area contributed by atoms with Crippen LogP contribution in [0, 0.1) is 6.07 Å². The van der Waals surface area contributed by atoms with Gasteiger partial charge in [-0.2, -0.15) is 0 Å². The van der Waals surface area contributed by atoms with E-state index in [1.807, 2.05) is 18.2 Å². The topological polar surface area (TPSA) is 41.6 Å². The number of nitrogens with one attached hydrogen (secondary N) is 1. The summed E-state index contributed by atoms with van der Waals surface area (Å²) in [6.45, 7) is 2.13. The van der Waals surface area contributed by atoms with E-state index in [0.717, 1.165) is 28.8 Å². The minimum Gasteiger partial charge on any atom is -0.338 e. The molecule has 2 aromatic heterocycles. The Hall–Kier alpha value is -2.16. The van der Waals surface area contributed by atoms with Crippen molar-refractivity contribution in [3.63, 3.8) is 0 Å². The highest BCUT2D eigenvalue weighted by Gasteiger charge is 2.12. The lowest BCUT2D eigenvalue weighted by Crippen LogP contribution is -1.85. The molecule has 0 bridgehead atoms. The Bertz CT molecular complexity index is 641. The van der Waals surface area contributed by atoms with Crippen LogP contribution in [-0.2, 0) is 6.42 Å². The van der Waals surface area contributed by atoms with Crippen molar-refractivity contribution in [1.82, 2.24) is 15.0 Å². The number of hydrogen-bond acceptors (Lipinski definition) is 2. The quantitative estimate of drug-likeness (QED) is 0.724. The minimum atomic E-state index is 0.850. The Morgan fingerprint density at radius 3 is 2.94 bits per heavy atom. The van der Waals surface area contributed by atoms with Crippen molar-refractivity contribution in [3.8, 4) is 11.3 Å². The standard InChI is InChI=1S/C14H12N3/c1-2-11-12(10-6-4-3-5-7-10)17-14-13(11)15-8-9-16-14/h3-4,6-9H,2H2,1H3,(H,16,17). The number of aromatic amines is 1. The van der Waals surface area contributed by atoms with Crippen molar-refractivity contribution in [2.75, 3.05) is 0 Å². The molecule has 1 N–H and O–H groups in total. The highest BCUT2D eigenvalue weighted by Crippen LogP contribution is 2.28. The van der Waals surface area contributed by atoms with E-state index in [-0.39, 0.29) is 0 Å². The predicted octanol–water partition coefficient (Wildman–Crippen LogP) is 2.99. The number of aromatic nitrogens is 3. The molecule has 1 radical (unpaired) electrons. The number of aryl methyl sites for hydroxylation is 1. The van der Waals surface area contributed by atoms with Crippen LogP contribution in [0.25, 0.3) is 22.4 Å². The van der Waals surface area contributed by atoms with Gasteiger partial charge in [-0.25, -0.2) is 4.98 Å². The Morgan fingerprint density at radius 2 is 2.18 bits per heavy atom. The average Bonchev–Trinajstić information content (AvgIpc) is 2.78. The number of H-pyrrole nitrogens is 1. The van der Waals surface area contributed by atoms with Gasteiger partial charge < -0.3 is 4.98 Å². The zero-order chi connectivity index (χ0) is 11.7. The van der Waals surface area contributed by atoms with Crippen LogP contribution in [0.3, 0.4) is 0 Å². The lowest BCUT2D eigenvalue weighted by Gasteiger charge is -2.00. The third-order valence-electron chi connectivity index (χ3n) is 2.88. The van der Waals surface area contributed by atoms with E-state index in [9.17, 15) is 0 Å². The summed E-state index contributed by atoms with van der Waals surface area (Å²) in [6.07, 6.45) is 4.37. The molecule has 0 aliphatic heterocycles. The zero-order valence-corrected chi connectivity index (χ0v) is 9.57. The van der Waals surface area contributed by atoms with Crippen molar-refractivity contribution >= 4 is 11.2 Å². The van der Waals surface area contributed by atoms with Gasteiger partial charge in [-0.1, -0.05) is 25.1 Å². The number of nitrogens with zero attached hydrogens (tertiary/aromatic N) is 2. The van der Waals surface area contributed by atoms with E-state index in [0.29, 0.717) is 0 Å². The first-order valence-electron chi connectivity index (χ1n) is 5.68. The third-order valence-corrected chi connectivity index (χ3v) is 2.88. The SMILES string of the molecule is CCc1c(-c2c[c]ccc2)[nH]c2nccnc12. The smallest absolute Gasteiger partial charge is 0.156 e. The van der Waals surface area contributed by atoms with E-state index in [1.165, 1.54) is 5.56 Å². The summed E-state index contributed by atoms with van der Waals surface area (Å²) in [6, 6.07) is 11.0. The zero-order valence-electron chi connectivity index (χ0n) is 9.57. The molecule has 0 aliphatic rings. The Kier molecular flexibility index (Phi) is 2.37. The summed E-state index contributed by atoms with van der Waals surface area (Å²) in [5.41, 5.74) is 5.26. The van der Waals surface area contributed by atoms with Gasteiger partial charge in [-0.05, 0) is 24.1 Å². The molecule has 0 atom stereocenters. The van der Waals surface area contributed by atoms with Gasteiger partial charge >= 0.3 is 0 Å². The molecule has 3 rings (SSSR count). The van der Waals surface area contributed by atoms with Crippen LogP contribution < -0.4 is 0 Å². The normalized spacial score (nSPS) is 10.9. The molecule has 3 nitrogen and oxygen atoms in total. The maximum absolute atomic E-state index is 4.39. The van der Waals surface area contributed by atoms with E-state index in [2.05, 4.69) is 34.0 Å². The van der Waals surface area contributed by atoms with Gasteiger partial charge in [0.05, 0.1) is 5.69 Å². The molecule has 0 fully saturated rings. The van der Waals surface area contributed by atoms with Gasteiger partial charge in [-0.3, -0.25) is 4.98 Å². The first kappa shape index (κ1) is 10.0. The second-order valence-electron chi connectivity index (χ2n) is 3.88. The first-order chi connectivity index (χ1) is 8.40. The van der Waals surface area contributed by atoms with E-state index < -0.39 is 0 Å². The molecule has 83 valence electrons. The fourth-order valence-corrected chi connectivity index (χ4v) is 2.10. The van der Waals surface area contributed by atoms with Crippen LogP contribution in [0.4, 0.5) is 0 Å². The van der Waals surface area contributed by atoms with Gasteiger partial charge in [0, 0.05) is 18.0 Å². The number of fused-ring (bicyclic) bond motifs is 1. The molecule has 0 saturated carbocycles. The van der Waals surface area contributed by atoms with Crippen LogP contribution in [0.1, 0.15) is 12.5 Å². The molecule has 0 unspecified atom stereocenters. The second-order valence-corrected chi connectivity index (χ2v) is 3.88. The van der Waals surface area contributed by atoms with Gasteiger partial charge in [0.25, 0.3) is 0 Å². The molecule has 3 heteroatoms. The maximum atomic E-state index is 4.39. The minimum absolute atomic E-state index is 0.850.